The molecular weight excluding hydrogens is 318 g/mol. The highest BCUT2D eigenvalue weighted by Crippen LogP contribution is 2.32. The minimum Gasteiger partial charge on any atom is -0.207 e. The Balaban J connectivity index is 2.36. The average Bonchev–Trinajstić information content (AvgIpc) is 2.46. The Bertz CT molecular complexity index is 562. The molecule has 0 heterocycles. The summed E-state index contributed by atoms with van der Waals surface area (Å²) < 4.78 is 13.1. The number of alkyl halides is 2. The van der Waals surface area contributed by atoms with E-state index < -0.39 is 5.41 Å². The van der Waals surface area contributed by atoms with Crippen molar-refractivity contribution in [3.05, 3.63) is 70.5 Å². The van der Waals surface area contributed by atoms with Crippen molar-refractivity contribution in [1.82, 2.24) is 0 Å². The molecule has 106 valence electrons. The van der Waals surface area contributed by atoms with E-state index in [1.165, 1.54) is 12.1 Å². The van der Waals surface area contributed by atoms with Gasteiger partial charge < -0.3 is 0 Å². The number of hydrogen-bond acceptors (Lipinski definition) is 0. The Morgan fingerprint density at radius 3 is 2.15 bits per heavy atom. The zero-order valence-corrected chi connectivity index (χ0v) is 13.0. The van der Waals surface area contributed by atoms with E-state index in [-0.39, 0.29) is 5.82 Å². The summed E-state index contributed by atoms with van der Waals surface area (Å²) in [6.45, 7) is 0. The Kier molecular flexibility index (Phi) is 5.31. The predicted octanol–water partition coefficient (Wildman–Crippen LogP) is 5.44. The van der Waals surface area contributed by atoms with Crippen LogP contribution >= 0.6 is 34.8 Å². The molecule has 0 bridgehead atoms. The Morgan fingerprint density at radius 2 is 1.60 bits per heavy atom. The lowest BCUT2D eigenvalue weighted by atomic mass is 9.79. The SMILES string of the molecule is Fc1ccc(C(CCl)(CCl)Cc2cccc(Cl)c2)cc1. The monoisotopic (exact) mass is 330 g/mol. The van der Waals surface area contributed by atoms with E-state index in [1.54, 1.807) is 12.1 Å². The molecule has 20 heavy (non-hydrogen) atoms. The number of hydrogen-bond donors (Lipinski definition) is 0. The second-order valence-corrected chi connectivity index (χ2v) is 5.83. The van der Waals surface area contributed by atoms with Crippen LogP contribution in [-0.4, -0.2) is 11.8 Å². The zero-order valence-electron chi connectivity index (χ0n) is 10.8. The van der Waals surface area contributed by atoms with E-state index >= 15 is 0 Å². The molecule has 0 amide bonds. The van der Waals surface area contributed by atoms with Gasteiger partial charge in [-0.05, 0) is 41.8 Å². The maximum atomic E-state index is 13.1. The third-order valence-electron chi connectivity index (χ3n) is 3.40. The van der Waals surface area contributed by atoms with Gasteiger partial charge in [-0.25, -0.2) is 4.39 Å². The molecule has 0 saturated heterocycles. The summed E-state index contributed by atoms with van der Waals surface area (Å²) in [5.41, 5.74) is 1.56. The molecule has 2 rings (SSSR count). The summed E-state index contributed by atoms with van der Waals surface area (Å²) in [5.74, 6) is 0.443. The van der Waals surface area contributed by atoms with Crippen molar-refractivity contribution in [3.8, 4) is 0 Å². The first-order valence-electron chi connectivity index (χ1n) is 6.22. The van der Waals surface area contributed by atoms with Crippen LogP contribution in [0.2, 0.25) is 5.02 Å². The minimum atomic E-state index is -0.429. The molecular formula is C16H14Cl3F. The van der Waals surface area contributed by atoms with E-state index in [4.69, 9.17) is 34.8 Å². The fourth-order valence-electron chi connectivity index (χ4n) is 2.23. The smallest absolute Gasteiger partial charge is 0.123 e. The first kappa shape index (κ1) is 15.6. The first-order valence-corrected chi connectivity index (χ1v) is 7.67. The highest BCUT2D eigenvalue weighted by atomic mass is 35.5. The van der Waals surface area contributed by atoms with E-state index in [9.17, 15) is 4.39 Å². The van der Waals surface area contributed by atoms with Crippen LogP contribution in [0.1, 0.15) is 11.1 Å². The van der Waals surface area contributed by atoms with Crippen LogP contribution in [0.5, 0.6) is 0 Å². The molecule has 2 aromatic carbocycles. The van der Waals surface area contributed by atoms with Crippen LogP contribution in [0.25, 0.3) is 0 Å². The second kappa shape index (κ2) is 6.80. The maximum absolute atomic E-state index is 13.1. The normalized spacial score (nSPS) is 11.6. The van der Waals surface area contributed by atoms with E-state index in [0.717, 1.165) is 11.1 Å². The van der Waals surface area contributed by atoms with Gasteiger partial charge in [-0.1, -0.05) is 35.9 Å². The van der Waals surface area contributed by atoms with Crippen LogP contribution in [-0.2, 0) is 11.8 Å². The number of rotatable bonds is 5. The summed E-state index contributed by atoms with van der Waals surface area (Å²) in [6, 6.07) is 14.0. The van der Waals surface area contributed by atoms with Crippen molar-refractivity contribution >= 4 is 34.8 Å². The topological polar surface area (TPSA) is 0 Å². The van der Waals surface area contributed by atoms with Gasteiger partial charge in [-0.15, -0.1) is 23.2 Å². The van der Waals surface area contributed by atoms with E-state index in [0.29, 0.717) is 23.2 Å². The van der Waals surface area contributed by atoms with E-state index in [2.05, 4.69) is 0 Å². The molecule has 0 atom stereocenters. The summed E-state index contributed by atoms with van der Waals surface area (Å²) >= 11 is 18.4. The zero-order chi connectivity index (χ0) is 14.6. The van der Waals surface area contributed by atoms with Crippen LogP contribution in [0.3, 0.4) is 0 Å². The molecule has 0 nitrogen and oxygen atoms in total. The average molecular weight is 332 g/mol. The van der Waals surface area contributed by atoms with Crippen LogP contribution in [0.4, 0.5) is 4.39 Å². The fraction of sp³-hybridized carbons (Fsp3) is 0.250. The lowest BCUT2D eigenvalue weighted by molar-refractivity contribution is 0.533. The minimum absolute atomic E-state index is 0.269. The Hall–Kier alpha value is -0.760. The summed E-state index contributed by atoms with van der Waals surface area (Å²) in [5, 5.41) is 0.680. The molecule has 0 saturated carbocycles. The lowest BCUT2D eigenvalue weighted by Crippen LogP contribution is -2.33. The summed E-state index contributed by atoms with van der Waals surface area (Å²) in [7, 11) is 0. The molecule has 0 aliphatic heterocycles. The lowest BCUT2D eigenvalue weighted by Gasteiger charge is -2.30. The quantitative estimate of drug-likeness (QED) is 0.640. The Labute approximate surface area is 133 Å². The van der Waals surface area contributed by atoms with Crippen LogP contribution < -0.4 is 0 Å². The molecule has 0 aliphatic rings. The highest BCUT2D eigenvalue weighted by molar-refractivity contribution is 6.30. The van der Waals surface area contributed by atoms with Gasteiger partial charge in [-0.2, -0.15) is 0 Å². The molecule has 4 heteroatoms. The van der Waals surface area contributed by atoms with Crippen LogP contribution in [0.15, 0.2) is 48.5 Å². The molecule has 0 aromatic heterocycles. The number of benzene rings is 2. The van der Waals surface area contributed by atoms with Crippen molar-refractivity contribution in [3.63, 3.8) is 0 Å². The largest absolute Gasteiger partial charge is 0.207 e. The fourth-order valence-corrected chi connectivity index (χ4v) is 3.22. The van der Waals surface area contributed by atoms with Gasteiger partial charge in [0.2, 0.25) is 0 Å². The molecule has 0 spiro atoms. The third kappa shape index (κ3) is 3.46. The van der Waals surface area contributed by atoms with Crippen molar-refractivity contribution < 1.29 is 4.39 Å². The maximum Gasteiger partial charge on any atom is 0.123 e. The number of halogens is 4. The van der Waals surface area contributed by atoms with E-state index in [1.807, 2.05) is 24.3 Å². The standard InChI is InChI=1S/C16H14Cl3F/c17-10-16(11-18,13-4-6-15(20)7-5-13)9-12-2-1-3-14(19)8-12/h1-8H,9-11H2. The van der Waals surface area contributed by atoms with Crippen molar-refractivity contribution in [2.75, 3.05) is 11.8 Å². The Morgan fingerprint density at radius 1 is 0.950 bits per heavy atom. The van der Waals surface area contributed by atoms with Crippen molar-refractivity contribution in [2.24, 2.45) is 0 Å². The van der Waals surface area contributed by atoms with Crippen LogP contribution in [0, 0.1) is 5.82 Å². The van der Waals surface area contributed by atoms with Crippen molar-refractivity contribution in [2.45, 2.75) is 11.8 Å². The van der Waals surface area contributed by atoms with Gasteiger partial charge in [0.15, 0.2) is 0 Å². The van der Waals surface area contributed by atoms with Crippen molar-refractivity contribution in [1.29, 1.82) is 0 Å². The molecule has 0 N–H and O–H groups in total. The molecule has 0 unspecified atom stereocenters. The summed E-state index contributed by atoms with van der Waals surface area (Å²) in [6.07, 6.45) is 0.659. The second-order valence-electron chi connectivity index (χ2n) is 4.86. The van der Waals surface area contributed by atoms with Gasteiger partial charge in [0.1, 0.15) is 5.82 Å². The predicted molar refractivity (Wildman–Crippen MR) is 84.7 cm³/mol. The summed E-state index contributed by atoms with van der Waals surface area (Å²) in [4.78, 5) is 0. The van der Waals surface area contributed by atoms with Gasteiger partial charge in [0.05, 0.1) is 0 Å². The third-order valence-corrected chi connectivity index (χ3v) is 4.66. The van der Waals surface area contributed by atoms with Gasteiger partial charge in [-0.3, -0.25) is 0 Å². The van der Waals surface area contributed by atoms with Gasteiger partial charge in [0, 0.05) is 22.2 Å². The first-order chi connectivity index (χ1) is 9.59. The molecule has 2 aromatic rings. The molecule has 0 fully saturated rings. The molecule has 0 radical (unpaired) electrons. The highest BCUT2D eigenvalue weighted by Gasteiger charge is 2.31. The van der Waals surface area contributed by atoms with Gasteiger partial charge in [0.25, 0.3) is 0 Å². The van der Waals surface area contributed by atoms with Gasteiger partial charge >= 0.3 is 0 Å². The molecule has 0 aliphatic carbocycles.